The zero-order valence-electron chi connectivity index (χ0n) is 10.0. The molecule has 1 atom stereocenters. The van der Waals surface area contributed by atoms with Crippen LogP contribution in [0.15, 0.2) is 60.8 Å². The molecule has 0 bridgehead atoms. The predicted octanol–water partition coefficient (Wildman–Crippen LogP) is 3.92. The molecule has 0 saturated carbocycles. The number of rotatable bonds is 1. The van der Waals surface area contributed by atoms with Crippen LogP contribution >= 0.6 is 0 Å². The van der Waals surface area contributed by atoms with Gasteiger partial charge in [-0.3, -0.25) is 4.98 Å². The van der Waals surface area contributed by atoms with Crippen molar-refractivity contribution in [2.45, 2.75) is 12.3 Å². The van der Waals surface area contributed by atoms with Gasteiger partial charge >= 0.3 is 0 Å². The molecule has 0 N–H and O–H groups in total. The normalized spacial score (nSPS) is 17.2. The van der Waals surface area contributed by atoms with Gasteiger partial charge in [0.2, 0.25) is 0 Å². The molecule has 3 aromatic rings. The Morgan fingerprint density at radius 3 is 2.61 bits per heavy atom. The van der Waals surface area contributed by atoms with Crippen LogP contribution in [0.3, 0.4) is 0 Å². The average molecular weight is 231 g/mol. The van der Waals surface area contributed by atoms with Crippen LogP contribution in [0.25, 0.3) is 10.8 Å². The highest BCUT2D eigenvalue weighted by molar-refractivity contribution is 5.91. The number of aromatic nitrogens is 1. The summed E-state index contributed by atoms with van der Waals surface area (Å²) >= 11 is 0. The Kier molecular flexibility index (Phi) is 2.01. The van der Waals surface area contributed by atoms with E-state index in [1.807, 2.05) is 12.3 Å². The van der Waals surface area contributed by atoms with Crippen molar-refractivity contribution in [3.05, 3.63) is 77.6 Å². The van der Waals surface area contributed by atoms with E-state index in [1.54, 1.807) is 0 Å². The van der Waals surface area contributed by atoms with E-state index in [0.29, 0.717) is 5.92 Å². The van der Waals surface area contributed by atoms with Gasteiger partial charge in [-0.05, 0) is 40.5 Å². The Bertz CT molecular complexity index is 711. The molecule has 2 aromatic carbocycles. The molecule has 0 fully saturated rings. The second kappa shape index (κ2) is 3.67. The molecule has 18 heavy (non-hydrogen) atoms. The topological polar surface area (TPSA) is 12.9 Å². The lowest BCUT2D eigenvalue weighted by Gasteiger charge is -2.10. The van der Waals surface area contributed by atoms with Crippen molar-refractivity contribution < 1.29 is 0 Å². The van der Waals surface area contributed by atoms with E-state index in [0.717, 1.165) is 6.42 Å². The summed E-state index contributed by atoms with van der Waals surface area (Å²) in [5.74, 6) is 0.423. The summed E-state index contributed by atoms with van der Waals surface area (Å²) in [4.78, 5) is 4.53. The standard InChI is InChI=1S/C17H13N/c1-2-10-18-16(9-1)15-11-13-7-3-5-12-6-4-8-14(15)17(12)13/h1-10,15H,11H2. The molecular weight excluding hydrogens is 218 g/mol. The third-order valence-electron chi connectivity index (χ3n) is 3.87. The van der Waals surface area contributed by atoms with Crippen LogP contribution in [0.1, 0.15) is 22.7 Å². The fraction of sp³-hybridized carbons (Fsp3) is 0.118. The Morgan fingerprint density at radius 2 is 1.78 bits per heavy atom. The Labute approximate surface area is 106 Å². The summed E-state index contributed by atoms with van der Waals surface area (Å²) in [7, 11) is 0. The molecule has 1 aliphatic carbocycles. The van der Waals surface area contributed by atoms with Gasteiger partial charge in [-0.1, -0.05) is 42.5 Å². The van der Waals surface area contributed by atoms with Gasteiger partial charge in [0, 0.05) is 17.8 Å². The van der Waals surface area contributed by atoms with Gasteiger partial charge in [0.15, 0.2) is 0 Å². The second-order valence-corrected chi connectivity index (χ2v) is 4.87. The first-order valence-electron chi connectivity index (χ1n) is 6.35. The number of pyridine rings is 1. The first-order chi connectivity index (χ1) is 8.93. The minimum Gasteiger partial charge on any atom is -0.261 e. The summed E-state index contributed by atoms with van der Waals surface area (Å²) in [5.41, 5.74) is 4.07. The van der Waals surface area contributed by atoms with Crippen molar-refractivity contribution in [1.29, 1.82) is 0 Å². The lowest BCUT2D eigenvalue weighted by Crippen LogP contribution is -2.00. The minimum atomic E-state index is 0.423. The van der Waals surface area contributed by atoms with Gasteiger partial charge in [-0.2, -0.15) is 0 Å². The first-order valence-corrected chi connectivity index (χ1v) is 6.35. The van der Waals surface area contributed by atoms with Gasteiger partial charge < -0.3 is 0 Å². The molecule has 1 heteroatoms. The molecule has 0 saturated heterocycles. The molecule has 1 heterocycles. The van der Waals surface area contributed by atoms with Gasteiger partial charge in [-0.25, -0.2) is 0 Å². The number of nitrogens with zero attached hydrogens (tertiary/aromatic N) is 1. The second-order valence-electron chi connectivity index (χ2n) is 4.87. The predicted molar refractivity (Wildman–Crippen MR) is 73.7 cm³/mol. The highest BCUT2D eigenvalue weighted by atomic mass is 14.7. The van der Waals surface area contributed by atoms with Crippen molar-refractivity contribution in [3.8, 4) is 0 Å². The van der Waals surface area contributed by atoms with E-state index in [1.165, 1.54) is 27.6 Å². The molecule has 0 amide bonds. The Hall–Kier alpha value is -2.15. The number of hydrogen-bond acceptors (Lipinski definition) is 1. The Morgan fingerprint density at radius 1 is 0.889 bits per heavy atom. The smallest absolute Gasteiger partial charge is 0.0481 e. The van der Waals surface area contributed by atoms with E-state index in [9.17, 15) is 0 Å². The molecule has 1 aromatic heterocycles. The van der Waals surface area contributed by atoms with Crippen molar-refractivity contribution in [1.82, 2.24) is 4.98 Å². The molecular formula is C17H13N. The van der Waals surface area contributed by atoms with Gasteiger partial charge in [0.05, 0.1) is 0 Å². The van der Waals surface area contributed by atoms with Crippen LogP contribution in [-0.2, 0) is 6.42 Å². The summed E-state index contributed by atoms with van der Waals surface area (Å²) < 4.78 is 0. The van der Waals surface area contributed by atoms with E-state index in [-0.39, 0.29) is 0 Å². The SMILES string of the molecule is c1ccc(C2Cc3cccc4cccc2c34)nc1. The van der Waals surface area contributed by atoms with Crippen LogP contribution in [0, 0.1) is 0 Å². The average Bonchev–Trinajstić information content (AvgIpc) is 2.82. The lowest BCUT2D eigenvalue weighted by atomic mass is 9.96. The highest BCUT2D eigenvalue weighted by Crippen LogP contribution is 2.40. The molecule has 1 aliphatic rings. The summed E-state index contributed by atoms with van der Waals surface area (Å²) in [6.45, 7) is 0. The van der Waals surface area contributed by atoms with E-state index in [4.69, 9.17) is 0 Å². The third kappa shape index (κ3) is 1.31. The summed E-state index contributed by atoms with van der Waals surface area (Å²) in [5, 5.41) is 2.79. The Balaban J connectivity index is 1.97. The molecule has 86 valence electrons. The first kappa shape index (κ1) is 9.84. The lowest BCUT2D eigenvalue weighted by molar-refractivity contribution is 0.810. The van der Waals surface area contributed by atoms with E-state index < -0.39 is 0 Å². The third-order valence-corrected chi connectivity index (χ3v) is 3.87. The van der Waals surface area contributed by atoms with Crippen LogP contribution in [0.2, 0.25) is 0 Å². The zero-order chi connectivity index (χ0) is 11.9. The minimum absolute atomic E-state index is 0.423. The maximum absolute atomic E-state index is 4.53. The molecule has 0 radical (unpaired) electrons. The van der Waals surface area contributed by atoms with E-state index in [2.05, 4.69) is 53.5 Å². The fourth-order valence-corrected chi connectivity index (χ4v) is 3.09. The molecule has 1 nitrogen and oxygen atoms in total. The summed E-state index contributed by atoms with van der Waals surface area (Å²) in [6, 6.07) is 19.4. The molecule has 0 spiro atoms. The van der Waals surface area contributed by atoms with Crippen molar-refractivity contribution >= 4 is 10.8 Å². The van der Waals surface area contributed by atoms with Gasteiger partial charge in [0.25, 0.3) is 0 Å². The molecule has 0 aliphatic heterocycles. The quantitative estimate of drug-likeness (QED) is 0.618. The monoisotopic (exact) mass is 231 g/mol. The van der Waals surface area contributed by atoms with Crippen molar-refractivity contribution in [3.63, 3.8) is 0 Å². The van der Waals surface area contributed by atoms with E-state index >= 15 is 0 Å². The van der Waals surface area contributed by atoms with Crippen LogP contribution in [0.4, 0.5) is 0 Å². The maximum atomic E-state index is 4.53. The van der Waals surface area contributed by atoms with Gasteiger partial charge in [-0.15, -0.1) is 0 Å². The highest BCUT2D eigenvalue weighted by Gasteiger charge is 2.25. The fourth-order valence-electron chi connectivity index (χ4n) is 3.09. The van der Waals surface area contributed by atoms with Crippen LogP contribution in [-0.4, -0.2) is 4.98 Å². The number of hydrogen-bond donors (Lipinski definition) is 0. The van der Waals surface area contributed by atoms with Crippen LogP contribution < -0.4 is 0 Å². The van der Waals surface area contributed by atoms with Crippen LogP contribution in [0.5, 0.6) is 0 Å². The zero-order valence-corrected chi connectivity index (χ0v) is 10.0. The molecule has 1 unspecified atom stereocenters. The van der Waals surface area contributed by atoms with Crippen molar-refractivity contribution in [2.75, 3.05) is 0 Å². The van der Waals surface area contributed by atoms with Crippen molar-refractivity contribution in [2.24, 2.45) is 0 Å². The molecule has 4 rings (SSSR count). The van der Waals surface area contributed by atoms with Gasteiger partial charge in [0.1, 0.15) is 0 Å². The number of benzene rings is 2. The summed E-state index contributed by atoms with van der Waals surface area (Å²) in [6.07, 6.45) is 2.96. The largest absolute Gasteiger partial charge is 0.261 e. The maximum Gasteiger partial charge on any atom is 0.0481 e.